The van der Waals surface area contributed by atoms with Crippen molar-refractivity contribution in [3.8, 4) is 0 Å². The quantitative estimate of drug-likeness (QED) is 0.781. The van der Waals surface area contributed by atoms with Crippen molar-refractivity contribution in [2.45, 2.75) is 23.8 Å². The van der Waals surface area contributed by atoms with Gasteiger partial charge in [0.1, 0.15) is 0 Å². The summed E-state index contributed by atoms with van der Waals surface area (Å²) in [6.45, 7) is 1.11. The third-order valence-electron chi connectivity index (χ3n) is 3.06. The highest BCUT2D eigenvalue weighted by molar-refractivity contribution is 7.99. The van der Waals surface area contributed by atoms with E-state index in [1.165, 1.54) is 18.6 Å². The van der Waals surface area contributed by atoms with Gasteiger partial charge >= 0.3 is 0 Å². The number of sulfonamides is 1. The summed E-state index contributed by atoms with van der Waals surface area (Å²) in [7, 11) is -3.36. The fraction of sp³-hybridized carbons (Fsp3) is 0.538. The Morgan fingerprint density at radius 2 is 2.00 bits per heavy atom. The number of nitrogens with one attached hydrogen (secondary N) is 2. The van der Waals surface area contributed by atoms with E-state index in [-0.39, 0.29) is 0 Å². The first-order chi connectivity index (χ1) is 9.18. The molecule has 6 heteroatoms. The summed E-state index contributed by atoms with van der Waals surface area (Å²) in [4.78, 5) is 0.322. The Morgan fingerprint density at radius 3 is 2.68 bits per heavy atom. The van der Waals surface area contributed by atoms with Crippen LogP contribution in [0.2, 0.25) is 0 Å². The molecule has 1 aromatic carbocycles. The SMILES string of the molecule is O=S(=O)(NCCN[C@@H]1CCCSC1)c1ccccc1. The summed E-state index contributed by atoms with van der Waals surface area (Å²) in [5.41, 5.74) is 0. The zero-order valence-electron chi connectivity index (χ0n) is 10.8. The van der Waals surface area contributed by atoms with E-state index >= 15 is 0 Å². The molecule has 1 saturated heterocycles. The van der Waals surface area contributed by atoms with Crippen LogP contribution in [0.4, 0.5) is 0 Å². The zero-order chi connectivity index (χ0) is 13.6. The Bertz CT molecular complexity index is 471. The fourth-order valence-corrected chi connectivity index (χ4v) is 4.21. The predicted octanol–water partition coefficient (Wildman–Crippen LogP) is 1.45. The summed E-state index contributed by atoms with van der Waals surface area (Å²) >= 11 is 1.96. The topological polar surface area (TPSA) is 58.2 Å². The second-order valence-electron chi connectivity index (χ2n) is 4.58. The normalized spacial score (nSPS) is 20.3. The van der Waals surface area contributed by atoms with E-state index in [1.807, 2.05) is 11.8 Å². The van der Waals surface area contributed by atoms with Crippen LogP contribution in [0.15, 0.2) is 35.2 Å². The lowest BCUT2D eigenvalue weighted by molar-refractivity contribution is 0.506. The van der Waals surface area contributed by atoms with Crippen LogP contribution in [-0.4, -0.2) is 39.1 Å². The average molecular weight is 300 g/mol. The maximum absolute atomic E-state index is 11.9. The summed E-state index contributed by atoms with van der Waals surface area (Å²) in [5, 5.41) is 3.40. The molecule has 2 N–H and O–H groups in total. The van der Waals surface area contributed by atoms with Crippen LogP contribution in [0.25, 0.3) is 0 Å². The minimum absolute atomic E-state index is 0.322. The standard InChI is InChI=1S/C13H20N2O2S2/c16-19(17,13-6-2-1-3-7-13)15-9-8-14-12-5-4-10-18-11-12/h1-3,6-7,12,14-15H,4-5,8-11H2/t12-/m1/s1. The molecule has 1 atom stereocenters. The van der Waals surface area contributed by atoms with E-state index in [1.54, 1.807) is 30.3 Å². The van der Waals surface area contributed by atoms with Gasteiger partial charge in [-0.2, -0.15) is 11.8 Å². The Labute approximate surface area is 119 Å². The Kier molecular flexibility index (Phi) is 5.69. The molecule has 0 radical (unpaired) electrons. The van der Waals surface area contributed by atoms with Crippen molar-refractivity contribution >= 4 is 21.8 Å². The minimum atomic E-state index is -3.36. The molecule has 0 aromatic heterocycles. The molecule has 0 aliphatic carbocycles. The molecule has 1 aromatic rings. The van der Waals surface area contributed by atoms with Gasteiger partial charge < -0.3 is 5.32 Å². The van der Waals surface area contributed by atoms with Gasteiger partial charge in [-0.15, -0.1) is 0 Å². The molecule has 0 bridgehead atoms. The van der Waals surface area contributed by atoms with Gasteiger partial charge in [-0.1, -0.05) is 18.2 Å². The van der Waals surface area contributed by atoms with Crippen molar-refractivity contribution in [2.75, 3.05) is 24.6 Å². The number of hydrogen-bond donors (Lipinski definition) is 2. The second-order valence-corrected chi connectivity index (χ2v) is 7.50. The molecule has 1 aliphatic rings. The molecule has 0 spiro atoms. The molecule has 19 heavy (non-hydrogen) atoms. The number of thioether (sulfide) groups is 1. The van der Waals surface area contributed by atoms with E-state index < -0.39 is 10.0 Å². The molecule has 0 unspecified atom stereocenters. The van der Waals surface area contributed by atoms with Gasteiger partial charge in [-0.05, 0) is 30.7 Å². The predicted molar refractivity (Wildman–Crippen MR) is 80.0 cm³/mol. The molecule has 1 fully saturated rings. The van der Waals surface area contributed by atoms with Crippen molar-refractivity contribution in [1.29, 1.82) is 0 Å². The van der Waals surface area contributed by atoms with E-state index in [4.69, 9.17) is 0 Å². The molecule has 1 aliphatic heterocycles. The van der Waals surface area contributed by atoms with Crippen LogP contribution in [0.3, 0.4) is 0 Å². The largest absolute Gasteiger partial charge is 0.312 e. The highest BCUT2D eigenvalue weighted by Crippen LogP contribution is 2.16. The van der Waals surface area contributed by atoms with Gasteiger partial charge in [0, 0.05) is 24.9 Å². The first-order valence-corrected chi connectivity index (χ1v) is 9.18. The lowest BCUT2D eigenvalue weighted by Crippen LogP contribution is -2.39. The van der Waals surface area contributed by atoms with E-state index in [2.05, 4.69) is 10.0 Å². The second kappa shape index (κ2) is 7.28. The van der Waals surface area contributed by atoms with Crippen molar-refractivity contribution < 1.29 is 8.42 Å². The Hall–Kier alpha value is -0.560. The molecule has 2 rings (SSSR count). The fourth-order valence-electron chi connectivity index (χ4n) is 2.05. The summed E-state index contributed by atoms with van der Waals surface area (Å²) in [6.07, 6.45) is 2.44. The Morgan fingerprint density at radius 1 is 1.21 bits per heavy atom. The van der Waals surface area contributed by atoms with Gasteiger partial charge in [0.2, 0.25) is 10.0 Å². The summed E-state index contributed by atoms with van der Waals surface area (Å²) in [5.74, 6) is 2.38. The van der Waals surface area contributed by atoms with Crippen LogP contribution in [0, 0.1) is 0 Å². The molecule has 106 valence electrons. The first-order valence-electron chi connectivity index (χ1n) is 6.54. The van der Waals surface area contributed by atoms with Gasteiger partial charge in [-0.3, -0.25) is 0 Å². The number of hydrogen-bond acceptors (Lipinski definition) is 4. The van der Waals surface area contributed by atoms with Crippen molar-refractivity contribution in [1.82, 2.24) is 10.0 Å². The maximum Gasteiger partial charge on any atom is 0.240 e. The van der Waals surface area contributed by atoms with E-state index in [0.717, 1.165) is 5.75 Å². The average Bonchev–Trinajstić information content (AvgIpc) is 2.46. The lowest BCUT2D eigenvalue weighted by Gasteiger charge is -2.22. The van der Waals surface area contributed by atoms with Crippen LogP contribution >= 0.6 is 11.8 Å². The zero-order valence-corrected chi connectivity index (χ0v) is 12.5. The van der Waals surface area contributed by atoms with Crippen LogP contribution in [0.5, 0.6) is 0 Å². The molecular weight excluding hydrogens is 280 g/mol. The van der Waals surface area contributed by atoms with Crippen LogP contribution in [0.1, 0.15) is 12.8 Å². The molecule has 4 nitrogen and oxygen atoms in total. The van der Waals surface area contributed by atoms with Gasteiger partial charge in [0.05, 0.1) is 4.90 Å². The van der Waals surface area contributed by atoms with Gasteiger partial charge in [0.15, 0.2) is 0 Å². The maximum atomic E-state index is 11.9. The van der Waals surface area contributed by atoms with E-state index in [9.17, 15) is 8.42 Å². The van der Waals surface area contributed by atoms with E-state index in [0.29, 0.717) is 24.0 Å². The van der Waals surface area contributed by atoms with Gasteiger partial charge in [0.25, 0.3) is 0 Å². The molecule has 0 saturated carbocycles. The third-order valence-corrected chi connectivity index (χ3v) is 5.76. The van der Waals surface area contributed by atoms with Crippen molar-refractivity contribution in [2.24, 2.45) is 0 Å². The summed E-state index contributed by atoms with van der Waals surface area (Å²) in [6, 6.07) is 9.00. The summed E-state index contributed by atoms with van der Waals surface area (Å²) < 4.78 is 26.5. The monoisotopic (exact) mass is 300 g/mol. The van der Waals surface area contributed by atoms with Gasteiger partial charge in [-0.25, -0.2) is 13.1 Å². The number of rotatable bonds is 6. The third kappa shape index (κ3) is 4.80. The number of benzene rings is 1. The molecule has 0 amide bonds. The molecule has 1 heterocycles. The Balaban J connectivity index is 1.73. The highest BCUT2D eigenvalue weighted by atomic mass is 32.2. The van der Waals surface area contributed by atoms with Crippen LogP contribution < -0.4 is 10.0 Å². The lowest BCUT2D eigenvalue weighted by atomic mass is 10.2. The highest BCUT2D eigenvalue weighted by Gasteiger charge is 2.14. The van der Waals surface area contributed by atoms with Crippen molar-refractivity contribution in [3.05, 3.63) is 30.3 Å². The van der Waals surface area contributed by atoms with Crippen molar-refractivity contribution in [3.63, 3.8) is 0 Å². The smallest absolute Gasteiger partial charge is 0.240 e. The minimum Gasteiger partial charge on any atom is -0.312 e. The first kappa shape index (κ1) is 14.8. The molecular formula is C13H20N2O2S2. The van der Waals surface area contributed by atoms with Crippen LogP contribution in [-0.2, 0) is 10.0 Å².